The number of hydrogen-bond acceptors (Lipinski definition) is 7. The van der Waals surface area contributed by atoms with Gasteiger partial charge in [0.1, 0.15) is 12.4 Å². The summed E-state index contributed by atoms with van der Waals surface area (Å²) in [7, 11) is 1.76. The molecule has 9 nitrogen and oxygen atoms in total. The Bertz CT molecular complexity index is 1250. The van der Waals surface area contributed by atoms with Crippen molar-refractivity contribution >= 4 is 17.7 Å². The normalized spacial score (nSPS) is 11.1. The first-order chi connectivity index (χ1) is 16.9. The summed E-state index contributed by atoms with van der Waals surface area (Å²) in [5.74, 6) is 7.95. The monoisotopic (exact) mass is 491 g/mol. The molecule has 0 aliphatic rings. The number of benzene rings is 2. The molecule has 0 spiro atoms. The second-order valence-corrected chi connectivity index (χ2v) is 9.39. The third kappa shape index (κ3) is 6.21. The van der Waals surface area contributed by atoms with Crippen LogP contribution in [0.1, 0.15) is 36.7 Å². The van der Waals surface area contributed by atoms with Crippen LogP contribution >= 0.6 is 11.8 Å². The zero-order valence-electron chi connectivity index (χ0n) is 20.0. The molecule has 0 aliphatic carbocycles. The summed E-state index contributed by atoms with van der Waals surface area (Å²) in [5, 5.41) is 13.0. The van der Waals surface area contributed by atoms with Crippen molar-refractivity contribution in [3.63, 3.8) is 0 Å². The van der Waals surface area contributed by atoms with Gasteiger partial charge in [0.2, 0.25) is 11.1 Å². The second-order valence-electron chi connectivity index (χ2n) is 8.45. The molecule has 4 rings (SSSR count). The fourth-order valence-corrected chi connectivity index (χ4v) is 4.18. The highest BCUT2D eigenvalue weighted by Gasteiger charge is 2.16. The maximum Gasteiger partial charge on any atom is 0.233 e. The Morgan fingerprint density at radius 3 is 2.57 bits per heavy atom. The summed E-state index contributed by atoms with van der Waals surface area (Å²) in [6.07, 6.45) is 3.69. The van der Waals surface area contributed by atoms with Gasteiger partial charge in [-0.3, -0.25) is 4.79 Å². The Morgan fingerprint density at radius 2 is 1.86 bits per heavy atom. The third-order valence-corrected chi connectivity index (χ3v) is 6.40. The molecule has 2 aromatic carbocycles. The standard InChI is InChI=1S/C25H29N7O2S/c1-18(2)20-9-11-22(12-10-20)34-16-23-28-29-25(32(23)26)35-17-24(33)30(3)14-19-13-27-31(15-19)21-7-5-4-6-8-21/h4-13,15,18H,14,16-17,26H2,1-3H3. The fraction of sp³-hybridized carbons (Fsp3) is 0.280. The van der Waals surface area contributed by atoms with Gasteiger partial charge in [0.15, 0.2) is 5.82 Å². The molecule has 2 N–H and O–H groups in total. The van der Waals surface area contributed by atoms with Gasteiger partial charge in [0, 0.05) is 25.4 Å². The van der Waals surface area contributed by atoms with E-state index < -0.39 is 0 Å². The van der Waals surface area contributed by atoms with Crippen molar-refractivity contribution in [3.8, 4) is 11.4 Å². The number of nitrogen functional groups attached to an aromatic ring is 1. The maximum atomic E-state index is 12.7. The van der Waals surface area contributed by atoms with Gasteiger partial charge in [0.25, 0.3) is 0 Å². The number of nitrogens with two attached hydrogens (primary N) is 1. The molecule has 1 amide bonds. The highest BCUT2D eigenvalue weighted by Crippen LogP contribution is 2.20. The molecule has 0 unspecified atom stereocenters. The molecule has 0 aliphatic heterocycles. The topological polar surface area (TPSA) is 104 Å². The third-order valence-electron chi connectivity index (χ3n) is 5.48. The van der Waals surface area contributed by atoms with Gasteiger partial charge in [-0.2, -0.15) is 5.10 Å². The number of carbonyl (C=O) groups excluding carboxylic acids is 1. The number of carbonyl (C=O) groups is 1. The van der Waals surface area contributed by atoms with Crippen molar-refractivity contribution < 1.29 is 9.53 Å². The highest BCUT2D eigenvalue weighted by molar-refractivity contribution is 7.99. The maximum absolute atomic E-state index is 12.7. The molecule has 0 fully saturated rings. The van der Waals surface area contributed by atoms with Crippen LogP contribution in [0.3, 0.4) is 0 Å². The average Bonchev–Trinajstić information content (AvgIpc) is 3.48. The van der Waals surface area contributed by atoms with Crippen molar-refractivity contribution in [3.05, 3.63) is 83.9 Å². The molecule has 0 saturated heterocycles. The van der Waals surface area contributed by atoms with Crippen LogP contribution in [-0.4, -0.2) is 48.3 Å². The van der Waals surface area contributed by atoms with Gasteiger partial charge in [-0.15, -0.1) is 10.2 Å². The van der Waals surface area contributed by atoms with Gasteiger partial charge in [-0.25, -0.2) is 9.36 Å². The smallest absolute Gasteiger partial charge is 0.233 e. The summed E-state index contributed by atoms with van der Waals surface area (Å²) in [6.45, 7) is 4.93. The molecule has 2 aromatic heterocycles. The summed E-state index contributed by atoms with van der Waals surface area (Å²) < 4.78 is 8.95. The minimum absolute atomic E-state index is 0.0477. The van der Waals surface area contributed by atoms with Crippen LogP contribution in [0.25, 0.3) is 5.69 Å². The van der Waals surface area contributed by atoms with E-state index >= 15 is 0 Å². The van der Waals surface area contributed by atoms with Gasteiger partial charge in [0.05, 0.1) is 17.6 Å². The van der Waals surface area contributed by atoms with Crippen molar-refractivity contribution in [2.45, 2.75) is 38.1 Å². The van der Waals surface area contributed by atoms with Gasteiger partial charge < -0.3 is 15.5 Å². The van der Waals surface area contributed by atoms with E-state index in [-0.39, 0.29) is 18.3 Å². The number of hydrogen-bond donors (Lipinski definition) is 1. The lowest BCUT2D eigenvalue weighted by Gasteiger charge is -2.15. The average molecular weight is 492 g/mol. The lowest BCUT2D eigenvalue weighted by Crippen LogP contribution is -2.28. The molecule has 0 bridgehead atoms. The lowest BCUT2D eigenvalue weighted by molar-refractivity contribution is -0.127. The van der Waals surface area contributed by atoms with Crippen molar-refractivity contribution in [1.82, 2.24) is 29.6 Å². The van der Waals surface area contributed by atoms with E-state index in [9.17, 15) is 4.79 Å². The second kappa shape index (κ2) is 11.1. The SMILES string of the molecule is CC(C)c1ccc(OCc2nnc(SCC(=O)N(C)Cc3cnn(-c4ccccc4)c3)n2N)cc1. The van der Waals surface area contributed by atoms with Crippen molar-refractivity contribution in [1.29, 1.82) is 0 Å². The molecular weight excluding hydrogens is 462 g/mol. The number of rotatable bonds is 10. The Hall–Kier alpha value is -3.79. The number of amides is 1. The van der Waals surface area contributed by atoms with Crippen LogP contribution < -0.4 is 10.6 Å². The van der Waals surface area contributed by atoms with Crippen LogP contribution in [0.5, 0.6) is 5.75 Å². The van der Waals surface area contributed by atoms with E-state index in [1.165, 1.54) is 22.0 Å². The zero-order chi connectivity index (χ0) is 24.8. The summed E-state index contributed by atoms with van der Waals surface area (Å²) in [5.41, 5.74) is 3.16. The summed E-state index contributed by atoms with van der Waals surface area (Å²) in [6, 6.07) is 17.8. The first kappa shape index (κ1) is 24.3. The first-order valence-corrected chi connectivity index (χ1v) is 12.3. The molecule has 10 heteroatoms. The molecule has 0 saturated carbocycles. The van der Waals surface area contributed by atoms with Crippen LogP contribution in [0.15, 0.2) is 72.1 Å². The largest absolute Gasteiger partial charge is 0.486 e. The molecule has 4 aromatic rings. The quantitative estimate of drug-likeness (QED) is 0.267. The van der Waals surface area contributed by atoms with Crippen LogP contribution in [-0.2, 0) is 17.9 Å². The molecular formula is C25H29N7O2S. The molecule has 2 heterocycles. The zero-order valence-corrected chi connectivity index (χ0v) is 20.9. The van der Waals surface area contributed by atoms with Crippen molar-refractivity contribution in [2.24, 2.45) is 0 Å². The number of para-hydroxylation sites is 1. The Balaban J connectivity index is 1.27. The molecule has 35 heavy (non-hydrogen) atoms. The first-order valence-electron chi connectivity index (χ1n) is 11.3. The van der Waals surface area contributed by atoms with Gasteiger partial charge >= 0.3 is 0 Å². The summed E-state index contributed by atoms with van der Waals surface area (Å²) >= 11 is 1.24. The van der Waals surface area contributed by atoms with E-state index in [1.54, 1.807) is 22.8 Å². The summed E-state index contributed by atoms with van der Waals surface area (Å²) in [4.78, 5) is 14.3. The van der Waals surface area contributed by atoms with Crippen LogP contribution in [0.4, 0.5) is 0 Å². The Kier molecular flexibility index (Phi) is 7.71. The number of ether oxygens (including phenoxy) is 1. The number of aromatic nitrogens is 5. The van der Waals surface area contributed by atoms with Crippen LogP contribution in [0, 0.1) is 0 Å². The minimum atomic E-state index is -0.0477. The van der Waals surface area contributed by atoms with E-state index in [4.69, 9.17) is 10.6 Å². The van der Waals surface area contributed by atoms with E-state index in [1.807, 2.05) is 60.8 Å². The van der Waals surface area contributed by atoms with E-state index in [0.29, 0.717) is 23.4 Å². The van der Waals surface area contributed by atoms with Crippen molar-refractivity contribution in [2.75, 3.05) is 18.6 Å². The minimum Gasteiger partial charge on any atom is -0.486 e. The molecule has 182 valence electrons. The predicted molar refractivity (Wildman–Crippen MR) is 136 cm³/mol. The number of thioether (sulfide) groups is 1. The predicted octanol–water partition coefficient (Wildman–Crippen LogP) is 3.63. The number of nitrogens with zero attached hydrogens (tertiary/aromatic N) is 6. The lowest BCUT2D eigenvalue weighted by atomic mass is 10.0. The Morgan fingerprint density at radius 1 is 1.11 bits per heavy atom. The van der Waals surface area contributed by atoms with E-state index in [2.05, 4.69) is 29.1 Å². The Labute approximate surface area is 208 Å². The fourth-order valence-electron chi connectivity index (χ4n) is 3.36. The highest BCUT2D eigenvalue weighted by atomic mass is 32.2. The molecule has 0 radical (unpaired) electrons. The van der Waals surface area contributed by atoms with Gasteiger partial charge in [-0.05, 0) is 35.7 Å². The van der Waals surface area contributed by atoms with Gasteiger partial charge in [-0.1, -0.05) is 55.9 Å². The van der Waals surface area contributed by atoms with E-state index in [0.717, 1.165) is 17.0 Å². The van der Waals surface area contributed by atoms with Crippen LogP contribution in [0.2, 0.25) is 0 Å². The molecule has 0 atom stereocenters.